The quantitative estimate of drug-likeness (QED) is 0.894. The summed E-state index contributed by atoms with van der Waals surface area (Å²) >= 11 is 11.5. The zero-order valence-corrected chi connectivity index (χ0v) is 12.7. The second-order valence-electron chi connectivity index (χ2n) is 4.03. The Bertz CT molecular complexity index is 845. The molecule has 0 radical (unpaired) electrons. The zero-order valence-electron chi connectivity index (χ0n) is 10.3. The molecule has 0 bridgehead atoms. The Balaban J connectivity index is 2.46. The van der Waals surface area contributed by atoms with Crippen molar-refractivity contribution >= 4 is 38.9 Å². The monoisotopic (exact) mass is 342 g/mol. The molecule has 0 saturated heterocycles. The molecule has 0 aliphatic carbocycles. The highest BCUT2D eigenvalue weighted by Crippen LogP contribution is 2.34. The average Bonchev–Trinajstić information content (AvgIpc) is 2.42. The lowest BCUT2D eigenvalue weighted by molar-refractivity contribution is 0.459. The van der Waals surface area contributed by atoms with Crippen LogP contribution in [0.5, 0.6) is 5.75 Å². The zero-order chi connectivity index (χ0) is 15.6. The van der Waals surface area contributed by atoms with Gasteiger partial charge in [-0.2, -0.15) is 5.26 Å². The van der Waals surface area contributed by atoms with Gasteiger partial charge in [-0.3, -0.25) is 4.72 Å². The lowest BCUT2D eigenvalue weighted by Crippen LogP contribution is -2.13. The molecule has 2 aromatic rings. The third-order valence-electron chi connectivity index (χ3n) is 2.53. The largest absolute Gasteiger partial charge is 0.505 e. The van der Waals surface area contributed by atoms with Crippen LogP contribution in [-0.2, 0) is 10.0 Å². The Morgan fingerprint density at radius 1 is 1.19 bits per heavy atom. The molecule has 0 unspecified atom stereocenters. The van der Waals surface area contributed by atoms with E-state index in [1.807, 2.05) is 6.07 Å². The van der Waals surface area contributed by atoms with Crippen LogP contribution < -0.4 is 4.72 Å². The second-order valence-corrected chi connectivity index (χ2v) is 6.53. The third kappa shape index (κ3) is 3.39. The minimum atomic E-state index is -4.09. The van der Waals surface area contributed by atoms with Gasteiger partial charge in [0.1, 0.15) is 4.90 Å². The number of benzene rings is 2. The summed E-state index contributed by atoms with van der Waals surface area (Å²) in [5, 5.41) is 18.5. The Hall–Kier alpha value is -1.94. The first-order valence-corrected chi connectivity index (χ1v) is 7.78. The number of nitriles is 1. The van der Waals surface area contributed by atoms with E-state index in [0.29, 0.717) is 5.56 Å². The van der Waals surface area contributed by atoms with Crippen LogP contribution >= 0.6 is 23.2 Å². The van der Waals surface area contributed by atoms with Gasteiger partial charge in [-0.1, -0.05) is 29.3 Å². The van der Waals surface area contributed by atoms with Crippen LogP contribution in [0.15, 0.2) is 41.3 Å². The van der Waals surface area contributed by atoms with E-state index in [2.05, 4.69) is 4.72 Å². The third-order valence-corrected chi connectivity index (χ3v) is 4.43. The number of nitrogens with one attached hydrogen (secondary N) is 1. The van der Waals surface area contributed by atoms with Gasteiger partial charge in [-0.25, -0.2) is 8.42 Å². The standard InChI is InChI=1S/C13H8Cl2N2O3S/c14-9-5-11(15)13(18)12(6-9)21(19,20)17-10-3-1-2-8(4-10)7-16/h1-6,17-18H. The van der Waals surface area contributed by atoms with Gasteiger partial charge < -0.3 is 5.11 Å². The lowest BCUT2D eigenvalue weighted by atomic mass is 10.2. The lowest BCUT2D eigenvalue weighted by Gasteiger charge is -2.11. The summed E-state index contributed by atoms with van der Waals surface area (Å²) in [5.74, 6) is -0.593. The van der Waals surface area contributed by atoms with E-state index in [1.165, 1.54) is 30.3 Å². The van der Waals surface area contributed by atoms with Gasteiger partial charge in [0.25, 0.3) is 10.0 Å². The van der Waals surface area contributed by atoms with Crippen LogP contribution in [0.4, 0.5) is 5.69 Å². The van der Waals surface area contributed by atoms with Gasteiger partial charge in [-0.05, 0) is 30.3 Å². The topological polar surface area (TPSA) is 90.2 Å². The Morgan fingerprint density at radius 3 is 2.57 bits per heavy atom. The molecule has 0 fully saturated rings. The van der Waals surface area contributed by atoms with Crippen molar-refractivity contribution in [3.05, 3.63) is 52.0 Å². The molecule has 0 aliphatic heterocycles. The van der Waals surface area contributed by atoms with Crippen molar-refractivity contribution in [1.82, 2.24) is 0 Å². The van der Waals surface area contributed by atoms with Gasteiger partial charge in [0, 0.05) is 5.02 Å². The van der Waals surface area contributed by atoms with Crippen LogP contribution in [0.25, 0.3) is 0 Å². The van der Waals surface area contributed by atoms with E-state index in [-0.39, 0.29) is 15.7 Å². The first-order chi connectivity index (χ1) is 9.83. The predicted octanol–water partition coefficient (Wildman–Crippen LogP) is 3.37. The van der Waals surface area contributed by atoms with Crippen molar-refractivity contribution in [1.29, 1.82) is 5.26 Å². The van der Waals surface area contributed by atoms with E-state index in [9.17, 15) is 13.5 Å². The fraction of sp³-hybridized carbons (Fsp3) is 0. The molecular weight excluding hydrogens is 335 g/mol. The van der Waals surface area contributed by atoms with Gasteiger partial charge in [0.05, 0.1) is 22.3 Å². The summed E-state index contributed by atoms with van der Waals surface area (Å²) in [5.41, 5.74) is 0.480. The van der Waals surface area contributed by atoms with Crippen molar-refractivity contribution in [2.45, 2.75) is 4.90 Å². The highest BCUT2D eigenvalue weighted by molar-refractivity contribution is 7.92. The minimum Gasteiger partial charge on any atom is -0.505 e. The number of aromatic hydroxyl groups is 1. The van der Waals surface area contributed by atoms with E-state index in [4.69, 9.17) is 28.5 Å². The predicted molar refractivity (Wildman–Crippen MR) is 80.1 cm³/mol. The molecule has 108 valence electrons. The Morgan fingerprint density at radius 2 is 1.90 bits per heavy atom. The summed E-state index contributed by atoms with van der Waals surface area (Å²) in [6, 6.07) is 10.1. The molecule has 21 heavy (non-hydrogen) atoms. The molecule has 2 N–H and O–H groups in total. The molecule has 0 aromatic heterocycles. The SMILES string of the molecule is N#Cc1cccc(NS(=O)(=O)c2cc(Cl)cc(Cl)c2O)c1. The number of nitrogens with zero attached hydrogens (tertiary/aromatic N) is 1. The minimum absolute atomic E-state index is 0.0731. The highest BCUT2D eigenvalue weighted by Gasteiger charge is 2.21. The fourth-order valence-electron chi connectivity index (χ4n) is 1.61. The van der Waals surface area contributed by atoms with Crippen LogP contribution in [0.1, 0.15) is 5.56 Å². The molecule has 2 aromatic carbocycles. The van der Waals surface area contributed by atoms with Crippen LogP contribution in [0.2, 0.25) is 10.0 Å². The number of hydrogen-bond acceptors (Lipinski definition) is 4. The maximum absolute atomic E-state index is 12.3. The average molecular weight is 343 g/mol. The van der Waals surface area contributed by atoms with E-state index < -0.39 is 20.7 Å². The summed E-state index contributed by atoms with van der Waals surface area (Å²) in [6.07, 6.45) is 0. The van der Waals surface area contributed by atoms with Crippen LogP contribution in [0, 0.1) is 11.3 Å². The second kappa shape index (κ2) is 5.82. The number of rotatable bonds is 3. The number of hydrogen-bond donors (Lipinski definition) is 2. The summed E-state index contributed by atoms with van der Waals surface area (Å²) < 4.78 is 26.8. The first-order valence-electron chi connectivity index (χ1n) is 5.54. The maximum atomic E-state index is 12.3. The molecule has 8 heteroatoms. The number of sulfonamides is 1. The number of halogens is 2. The van der Waals surface area contributed by atoms with E-state index >= 15 is 0 Å². The van der Waals surface area contributed by atoms with E-state index in [1.54, 1.807) is 0 Å². The summed E-state index contributed by atoms with van der Waals surface area (Å²) in [6.45, 7) is 0. The maximum Gasteiger partial charge on any atom is 0.265 e. The molecule has 0 atom stereocenters. The number of phenolic OH excluding ortho intramolecular Hbond substituents is 1. The van der Waals surface area contributed by atoms with E-state index in [0.717, 1.165) is 6.07 Å². The van der Waals surface area contributed by atoms with Gasteiger partial charge in [-0.15, -0.1) is 0 Å². The van der Waals surface area contributed by atoms with Gasteiger partial charge in [0.2, 0.25) is 0 Å². The van der Waals surface area contributed by atoms with Crippen molar-refractivity contribution < 1.29 is 13.5 Å². The summed E-state index contributed by atoms with van der Waals surface area (Å²) in [7, 11) is -4.09. The van der Waals surface area contributed by atoms with Crippen molar-refractivity contribution in [2.24, 2.45) is 0 Å². The molecular formula is C13H8Cl2N2O3S. The van der Waals surface area contributed by atoms with Crippen LogP contribution in [-0.4, -0.2) is 13.5 Å². The van der Waals surface area contributed by atoms with Gasteiger partial charge >= 0.3 is 0 Å². The summed E-state index contributed by atoms with van der Waals surface area (Å²) in [4.78, 5) is -0.442. The highest BCUT2D eigenvalue weighted by atomic mass is 35.5. The van der Waals surface area contributed by atoms with Crippen LogP contribution in [0.3, 0.4) is 0 Å². The molecule has 0 spiro atoms. The first kappa shape index (κ1) is 15.4. The number of anilines is 1. The van der Waals surface area contributed by atoms with Crippen molar-refractivity contribution in [2.75, 3.05) is 4.72 Å². The van der Waals surface area contributed by atoms with Crippen molar-refractivity contribution in [3.63, 3.8) is 0 Å². The van der Waals surface area contributed by atoms with Gasteiger partial charge in [0.15, 0.2) is 5.75 Å². The molecule has 0 aliphatic rings. The molecule has 2 rings (SSSR count). The molecule has 0 saturated carbocycles. The molecule has 0 heterocycles. The molecule has 5 nitrogen and oxygen atoms in total. The Kier molecular flexibility index (Phi) is 4.28. The normalized spacial score (nSPS) is 10.9. The smallest absolute Gasteiger partial charge is 0.265 e. The number of phenols is 1. The molecule has 0 amide bonds. The fourth-order valence-corrected chi connectivity index (χ4v) is 3.42. The van der Waals surface area contributed by atoms with Crippen molar-refractivity contribution in [3.8, 4) is 11.8 Å². The Labute approximate surface area is 131 Å².